The Morgan fingerprint density at radius 1 is 1.38 bits per heavy atom. The summed E-state index contributed by atoms with van der Waals surface area (Å²) in [4.78, 5) is 26.3. The Labute approximate surface area is 133 Å². The molecular weight excluding hydrogens is 319 g/mol. The predicted octanol–water partition coefficient (Wildman–Crippen LogP) is -2.64. The van der Waals surface area contributed by atoms with Crippen LogP contribution in [-0.4, -0.2) is 34.5 Å². The third-order valence-corrected chi connectivity index (χ3v) is 2.19. The first kappa shape index (κ1) is 21.6. The van der Waals surface area contributed by atoms with Crippen molar-refractivity contribution in [2.24, 2.45) is 11.5 Å². The van der Waals surface area contributed by atoms with Crippen LogP contribution in [0.1, 0.15) is 25.0 Å². The molecule has 0 aliphatic carbocycles. The summed E-state index contributed by atoms with van der Waals surface area (Å²) in [5.41, 5.74) is 11.0. The Kier molecular flexibility index (Phi) is 13.7. The minimum Gasteiger partial charge on any atom is -0.548 e. The number of unbranched alkanes of at least 4 members (excludes halogenated alkanes) is 1. The minimum atomic E-state index is -1.21. The number of aliphatic carboxylic acids is 2. The van der Waals surface area contributed by atoms with Crippen LogP contribution in [0.25, 0.3) is 6.08 Å². The number of carbonyl (C=O) groups is 2. The van der Waals surface area contributed by atoms with Gasteiger partial charge in [0.1, 0.15) is 0 Å². The van der Waals surface area contributed by atoms with Crippen LogP contribution in [-0.2, 0) is 26.7 Å². The van der Waals surface area contributed by atoms with E-state index in [9.17, 15) is 19.8 Å². The third kappa shape index (κ3) is 13.1. The number of hydrogen-bond acceptors (Lipinski definition) is 7. The first-order valence-electron chi connectivity index (χ1n) is 6.01. The zero-order valence-electron chi connectivity index (χ0n) is 11.3. The van der Waals surface area contributed by atoms with E-state index in [2.05, 4.69) is 9.97 Å². The summed E-state index contributed by atoms with van der Waals surface area (Å²) >= 11 is 0. The van der Waals surface area contributed by atoms with Crippen molar-refractivity contribution in [3.8, 4) is 0 Å². The van der Waals surface area contributed by atoms with Gasteiger partial charge in [0.05, 0.1) is 30.2 Å². The minimum absolute atomic E-state index is 0. The number of nitrogens with two attached hydrogens (primary N) is 2. The molecule has 0 saturated heterocycles. The summed E-state index contributed by atoms with van der Waals surface area (Å²) in [6, 6.07) is -0.827. The molecule has 1 rings (SSSR count). The molecule has 0 amide bonds. The van der Waals surface area contributed by atoms with Crippen molar-refractivity contribution in [2.45, 2.75) is 25.3 Å². The Balaban J connectivity index is 0. The molecular formula is C12H18MnN4O4. The number of carbonyl (C=O) groups excluding carboxylic acids is 2. The number of nitrogens with zero attached hydrogens (tertiary/aromatic N) is 1. The second-order valence-electron chi connectivity index (χ2n) is 3.87. The molecule has 0 saturated carbocycles. The number of aromatic nitrogens is 2. The monoisotopic (exact) mass is 337 g/mol. The van der Waals surface area contributed by atoms with E-state index in [1.54, 1.807) is 0 Å². The van der Waals surface area contributed by atoms with Crippen LogP contribution in [0.15, 0.2) is 18.6 Å². The molecule has 0 fully saturated rings. The van der Waals surface area contributed by atoms with E-state index in [1.165, 1.54) is 18.6 Å². The van der Waals surface area contributed by atoms with Crippen molar-refractivity contribution in [1.29, 1.82) is 0 Å². The fourth-order valence-electron chi connectivity index (χ4n) is 1.14. The Hall–Kier alpha value is -1.67. The Morgan fingerprint density at radius 2 is 2.05 bits per heavy atom. The zero-order chi connectivity index (χ0) is 15.4. The average Bonchev–Trinajstić information content (AvgIpc) is 2.90. The molecule has 0 aliphatic heterocycles. The number of H-pyrrole nitrogens is 1. The van der Waals surface area contributed by atoms with Gasteiger partial charge in [0.25, 0.3) is 0 Å². The first-order chi connectivity index (χ1) is 9.47. The number of aromatic amines is 1. The van der Waals surface area contributed by atoms with Gasteiger partial charge in [-0.1, -0.05) is 6.42 Å². The van der Waals surface area contributed by atoms with Gasteiger partial charge in [-0.2, -0.15) is 0 Å². The molecule has 1 radical (unpaired) electrons. The summed E-state index contributed by atoms with van der Waals surface area (Å²) in [5.74, 6) is -2.40. The maximum Gasteiger partial charge on any atom is 2.00 e. The van der Waals surface area contributed by atoms with Gasteiger partial charge in [-0.15, -0.1) is 0 Å². The van der Waals surface area contributed by atoms with Crippen molar-refractivity contribution in [3.05, 3.63) is 24.3 Å². The fraction of sp³-hybridized carbons (Fsp3) is 0.417. The van der Waals surface area contributed by atoms with Gasteiger partial charge in [0, 0.05) is 6.04 Å². The summed E-state index contributed by atoms with van der Waals surface area (Å²) in [7, 11) is 0. The van der Waals surface area contributed by atoms with Crippen molar-refractivity contribution in [3.63, 3.8) is 0 Å². The second-order valence-corrected chi connectivity index (χ2v) is 3.87. The van der Waals surface area contributed by atoms with Crippen molar-refractivity contribution >= 4 is 18.0 Å². The normalized spacial score (nSPS) is 11.1. The van der Waals surface area contributed by atoms with Crippen LogP contribution < -0.4 is 21.7 Å². The van der Waals surface area contributed by atoms with Crippen LogP contribution in [0.4, 0.5) is 0 Å². The summed E-state index contributed by atoms with van der Waals surface area (Å²) < 4.78 is 0. The molecule has 8 nitrogen and oxygen atoms in total. The quantitative estimate of drug-likeness (QED) is 0.278. The van der Waals surface area contributed by atoms with E-state index >= 15 is 0 Å². The van der Waals surface area contributed by atoms with Crippen LogP contribution >= 0.6 is 0 Å². The van der Waals surface area contributed by atoms with Gasteiger partial charge in [0.15, 0.2) is 0 Å². The van der Waals surface area contributed by atoms with E-state index in [0.29, 0.717) is 18.7 Å². The van der Waals surface area contributed by atoms with Crippen LogP contribution in [0, 0.1) is 0 Å². The molecule has 0 aliphatic rings. The molecule has 0 bridgehead atoms. The SMILES string of the molecule is NCCCC[C@H](N)C(=O)[O-].O=C([O-])C=Cc1cnc[nH]1.[Mn+2]. The zero-order valence-corrected chi connectivity index (χ0v) is 12.5. The summed E-state index contributed by atoms with van der Waals surface area (Å²) in [6.45, 7) is 0.583. The molecule has 1 aromatic rings. The van der Waals surface area contributed by atoms with Crippen LogP contribution in [0.5, 0.6) is 0 Å². The Morgan fingerprint density at radius 3 is 2.48 bits per heavy atom. The van der Waals surface area contributed by atoms with E-state index in [0.717, 1.165) is 18.9 Å². The fourth-order valence-corrected chi connectivity index (χ4v) is 1.14. The molecule has 0 unspecified atom stereocenters. The summed E-state index contributed by atoms with van der Waals surface area (Å²) in [5, 5.41) is 19.9. The van der Waals surface area contributed by atoms with Gasteiger partial charge in [-0.05, 0) is 31.5 Å². The number of carboxylic acids is 2. The smallest absolute Gasteiger partial charge is 0.548 e. The molecule has 9 heteroatoms. The van der Waals surface area contributed by atoms with Gasteiger partial charge in [-0.25, -0.2) is 4.98 Å². The number of nitrogens with one attached hydrogen (secondary N) is 1. The van der Waals surface area contributed by atoms with Gasteiger partial charge >= 0.3 is 17.1 Å². The number of carboxylic acid groups (broad SMARTS) is 2. The number of imidazole rings is 1. The standard InChI is InChI=1S/C6H6N2O2.C6H14N2O2.Mn/c9-6(10)2-1-5-3-7-4-8-5;7-4-2-1-3-5(8)6(9)10;/h1-4H,(H,7,8)(H,9,10);5H,1-4,7-8H2,(H,9,10);/q;;+2/p-2/t;5-;/m.0./s1. The third-order valence-electron chi connectivity index (χ3n) is 2.19. The van der Waals surface area contributed by atoms with Crippen molar-refractivity contribution in [1.82, 2.24) is 9.97 Å². The van der Waals surface area contributed by atoms with Gasteiger partial charge in [0.2, 0.25) is 0 Å². The maximum atomic E-state index is 10.0. The maximum absolute atomic E-state index is 10.0. The molecule has 117 valence electrons. The largest absolute Gasteiger partial charge is 2.00 e. The van der Waals surface area contributed by atoms with E-state index in [-0.39, 0.29) is 17.1 Å². The second kappa shape index (κ2) is 13.3. The molecule has 5 N–H and O–H groups in total. The molecule has 0 aromatic carbocycles. The van der Waals surface area contributed by atoms with Crippen LogP contribution in [0.2, 0.25) is 0 Å². The predicted molar refractivity (Wildman–Crippen MR) is 68.5 cm³/mol. The molecule has 0 spiro atoms. The van der Waals surface area contributed by atoms with E-state index in [4.69, 9.17) is 11.5 Å². The summed E-state index contributed by atoms with van der Waals surface area (Å²) in [6.07, 6.45) is 7.33. The first-order valence-corrected chi connectivity index (χ1v) is 6.01. The Bertz CT molecular complexity index is 423. The van der Waals surface area contributed by atoms with Crippen molar-refractivity contribution in [2.75, 3.05) is 6.54 Å². The molecule has 1 atom stereocenters. The van der Waals surface area contributed by atoms with Gasteiger partial charge < -0.3 is 36.3 Å². The van der Waals surface area contributed by atoms with Crippen LogP contribution in [0.3, 0.4) is 0 Å². The van der Waals surface area contributed by atoms with E-state index in [1.807, 2.05) is 0 Å². The molecule has 1 heterocycles. The van der Waals surface area contributed by atoms with Crippen molar-refractivity contribution < 1.29 is 36.9 Å². The topological polar surface area (TPSA) is 161 Å². The number of hydrogen-bond donors (Lipinski definition) is 3. The average molecular weight is 337 g/mol. The van der Waals surface area contributed by atoms with Gasteiger partial charge in [-0.3, -0.25) is 0 Å². The number of rotatable bonds is 7. The van der Waals surface area contributed by atoms with E-state index < -0.39 is 18.0 Å². The molecule has 1 aromatic heterocycles. The molecule has 21 heavy (non-hydrogen) atoms.